The minimum absolute atomic E-state index is 0.179. The van der Waals surface area contributed by atoms with Crippen molar-refractivity contribution < 1.29 is 8.78 Å². The van der Waals surface area contributed by atoms with E-state index in [4.69, 9.17) is 0 Å². The van der Waals surface area contributed by atoms with Crippen molar-refractivity contribution in [3.05, 3.63) is 133 Å². The molecule has 0 aliphatic rings. The highest BCUT2D eigenvalue weighted by molar-refractivity contribution is 6.29. The summed E-state index contributed by atoms with van der Waals surface area (Å²) in [7, 11) is 0. The van der Waals surface area contributed by atoms with Crippen molar-refractivity contribution >= 4 is 53.9 Å². The van der Waals surface area contributed by atoms with Crippen LogP contribution in [0.1, 0.15) is 0 Å². The first-order valence-corrected chi connectivity index (χ1v) is 12.7. The van der Waals surface area contributed by atoms with Gasteiger partial charge in [-0.05, 0) is 77.5 Å². The zero-order valence-electron chi connectivity index (χ0n) is 20.3. The van der Waals surface area contributed by atoms with Crippen LogP contribution in [-0.2, 0) is 0 Å². The average molecular weight is 491 g/mol. The van der Waals surface area contributed by atoms with Gasteiger partial charge < -0.3 is 0 Å². The average Bonchev–Trinajstić information content (AvgIpc) is 2.97. The van der Waals surface area contributed by atoms with E-state index in [2.05, 4.69) is 48.5 Å². The number of hydrogen-bond donors (Lipinski definition) is 0. The van der Waals surface area contributed by atoms with E-state index < -0.39 is 0 Å². The molecule has 0 radical (unpaired) electrons. The van der Waals surface area contributed by atoms with Crippen LogP contribution in [-0.4, -0.2) is 0 Å². The van der Waals surface area contributed by atoms with Gasteiger partial charge in [0, 0.05) is 10.8 Å². The summed E-state index contributed by atoms with van der Waals surface area (Å²) in [5.41, 5.74) is 4.20. The summed E-state index contributed by atoms with van der Waals surface area (Å²) in [5.74, 6) is -0.420. The van der Waals surface area contributed by atoms with Crippen LogP contribution >= 0.6 is 0 Å². The summed E-state index contributed by atoms with van der Waals surface area (Å²) in [6, 6.07) is 39.5. The molecule has 38 heavy (non-hydrogen) atoms. The van der Waals surface area contributed by atoms with Crippen molar-refractivity contribution in [2.24, 2.45) is 0 Å². The molecule has 0 atom stereocenters. The van der Waals surface area contributed by atoms with E-state index in [0.29, 0.717) is 10.8 Å². The summed E-state index contributed by atoms with van der Waals surface area (Å²) in [4.78, 5) is 0. The zero-order chi connectivity index (χ0) is 25.4. The fraction of sp³-hybridized carbons (Fsp3) is 0. The zero-order valence-corrected chi connectivity index (χ0v) is 20.3. The van der Waals surface area contributed by atoms with Crippen LogP contribution in [0.3, 0.4) is 0 Å². The normalized spacial score (nSPS) is 11.9. The summed E-state index contributed by atoms with van der Waals surface area (Å²) < 4.78 is 29.3. The standard InChI is InChI=1S/C36H20F2/c37-24-15-9-21(10-16-24)25-17-11-22-13-19-29-30(20-14-23-12-18-28(25)33(22)34(23)29)35-26-5-1-3-7-31(26)36(38)32-8-4-2-6-27(32)35/h1-20H. The van der Waals surface area contributed by atoms with Gasteiger partial charge >= 0.3 is 0 Å². The Kier molecular flexibility index (Phi) is 4.39. The molecular formula is C36H20F2. The van der Waals surface area contributed by atoms with Crippen molar-refractivity contribution in [3.8, 4) is 22.3 Å². The highest BCUT2D eigenvalue weighted by atomic mass is 19.1. The van der Waals surface area contributed by atoms with Crippen molar-refractivity contribution in [2.75, 3.05) is 0 Å². The van der Waals surface area contributed by atoms with Gasteiger partial charge in [0.15, 0.2) is 0 Å². The van der Waals surface area contributed by atoms with Gasteiger partial charge in [0.25, 0.3) is 0 Å². The third-order valence-electron chi connectivity index (χ3n) is 7.95. The molecule has 0 nitrogen and oxygen atoms in total. The molecule has 0 bridgehead atoms. The first-order chi connectivity index (χ1) is 18.7. The monoisotopic (exact) mass is 490 g/mol. The van der Waals surface area contributed by atoms with Crippen LogP contribution in [0.15, 0.2) is 121 Å². The van der Waals surface area contributed by atoms with E-state index in [0.717, 1.165) is 54.6 Å². The van der Waals surface area contributed by atoms with E-state index >= 15 is 4.39 Å². The number of benzene rings is 8. The Morgan fingerprint density at radius 1 is 0.368 bits per heavy atom. The minimum Gasteiger partial charge on any atom is -0.207 e. The summed E-state index contributed by atoms with van der Waals surface area (Å²) >= 11 is 0. The lowest BCUT2D eigenvalue weighted by Crippen LogP contribution is -1.93. The Hall–Kier alpha value is -4.82. The van der Waals surface area contributed by atoms with E-state index in [9.17, 15) is 4.39 Å². The fourth-order valence-corrected chi connectivity index (χ4v) is 6.27. The second-order valence-corrected chi connectivity index (χ2v) is 9.94. The van der Waals surface area contributed by atoms with Crippen LogP contribution in [0.4, 0.5) is 8.78 Å². The van der Waals surface area contributed by atoms with Gasteiger partial charge in [-0.1, -0.05) is 109 Å². The first-order valence-electron chi connectivity index (χ1n) is 12.7. The SMILES string of the molecule is Fc1ccc(-c2ccc3ccc4c(-c5c6ccccc6c(F)c6ccccc56)ccc5ccc2c3c54)cc1. The van der Waals surface area contributed by atoms with Gasteiger partial charge in [-0.25, -0.2) is 8.78 Å². The van der Waals surface area contributed by atoms with Crippen LogP contribution in [0.5, 0.6) is 0 Å². The van der Waals surface area contributed by atoms with Gasteiger partial charge in [0.05, 0.1) is 0 Å². The lowest BCUT2D eigenvalue weighted by atomic mass is 9.85. The third kappa shape index (κ3) is 2.89. The molecule has 0 N–H and O–H groups in total. The number of halogens is 2. The van der Waals surface area contributed by atoms with Gasteiger partial charge in [0.2, 0.25) is 0 Å². The molecule has 0 saturated carbocycles. The Morgan fingerprint density at radius 3 is 1.42 bits per heavy atom. The van der Waals surface area contributed by atoms with Gasteiger partial charge in [-0.2, -0.15) is 0 Å². The summed E-state index contributed by atoms with van der Waals surface area (Å²) in [6.45, 7) is 0. The molecule has 0 aromatic heterocycles. The molecule has 8 rings (SSSR count). The molecule has 8 aromatic carbocycles. The fourth-order valence-electron chi connectivity index (χ4n) is 6.27. The molecular weight excluding hydrogens is 470 g/mol. The van der Waals surface area contributed by atoms with Crippen molar-refractivity contribution in [1.29, 1.82) is 0 Å². The predicted molar refractivity (Wildman–Crippen MR) is 156 cm³/mol. The molecule has 0 fully saturated rings. The Balaban J connectivity index is 1.53. The second-order valence-electron chi connectivity index (χ2n) is 9.94. The smallest absolute Gasteiger partial charge is 0.138 e. The van der Waals surface area contributed by atoms with E-state index in [1.807, 2.05) is 60.7 Å². The second kappa shape index (κ2) is 7.84. The number of fused-ring (bicyclic) bond motifs is 2. The van der Waals surface area contributed by atoms with Gasteiger partial charge in [-0.3, -0.25) is 0 Å². The largest absolute Gasteiger partial charge is 0.207 e. The molecule has 0 heterocycles. The molecule has 0 saturated heterocycles. The van der Waals surface area contributed by atoms with Crippen molar-refractivity contribution in [3.63, 3.8) is 0 Å². The highest BCUT2D eigenvalue weighted by Crippen LogP contribution is 2.45. The van der Waals surface area contributed by atoms with E-state index in [1.165, 1.54) is 22.9 Å². The maximum absolute atomic E-state index is 15.6. The maximum atomic E-state index is 15.6. The van der Waals surface area contributed by atoms with Crippen molar-refractivity contribution in [1.82, 2.24) is 0 Å². The molecule has 2 heteroatoms. The lowest BCUT2D eigenvalue weighted by molar-refractivity contribution is 0.628. The van der Waals surface area contributed by atoms with E-state index in [-0.39, 0.29) is 11.6 Å². The Bertz CT molecular complexity index is 2130. The third-order valence-corrected chi connectivity index (χ3v) is 7.95. The topological polar surface area (TPSA) is 0 Å². The number of hydrogen-bond acceptors (Lipinski definition) is 0. The molecule has 0 aliphatic heterocycles. The molecule has 0 aliphatic carbocycles. The highest BCUT2D eigenvalue weighted by Gasteiger charge is 2.19. The predicted octanol–water partition coefficient (Wildman–Crippen LogP) is 10.5. The molecule has 0 unspecified atom stereocenters. The number of rotatable bonds is 2. The van der Waals surface area contributed by atoms with Crippen LogP contribution < -0.4 is 0 Å². The van der Waals surface area contributed by atoms with Crippen LogP contribution in [0, 0.1) is 11.6 Å². The van der Waals surface area contributed by atoms with Gasteiger partial charge in [0.1, 0.15) is 11.6 Å². The molecule has 0 spiro atoms. The van der Waals surface area contributed by atoms with Crippen molar-refractivity contribution in [2.45, 2.75) is 0 Å². The molecule has 0 amide bonds. The van der Waals surface area contributed by atoms with E-state index in [1.54, 1.807) is 0 Å². The lowest BCUT2D eigenvalue weighted by Gasteiger charge is -2.19. The summed E-state index contributed by atoms with van der Waals surface area (Å²) in [5, 5.41) is 10.1. The Labute approximate surface area is 217 Å². The first kappa shape index (κ1) is 21.3. The molecule has 8 aromatic rings. The Morgan fingerprint density at radius 2 is 0.842 bits per heavy atom. The molecule has 178 valence electrons. The maximum Gasteiger partial charge on any atom is 0.138 e. The van der Waals surface area contributed by atoms with Gasteiger partial charge in [-0.15, -0.1) is 0 Å². The summed E-state index contributed by atoms with van der Waals surface area (Å²) in [6.07, 6.45) is 0. The minimum atomic E-state index is -0.241. The quantitative estimate of drug-likeness (QED) is 0.167. The van der Waals surface area contributed by atoms with Crippen LogP contribution in [0.25, 0.3) is 76.1 Å². The van der Waals surface area contributed by atoms with Crippen LogP contribution in [0.2, 0.25) is 0 Å².